The Hall–Kier alpha value is -17.4. The predicted molar refractivity (Wildman–Crippen MR) is 599 cm³/mol. The maximum Gasteiger partial charge on any atom is 0.257 e. The maximum atomic E-state index is 13.1. The summed E-state index contributed by atoms with van der Waals surface area (Å²) in [6.07, 6.45) is 3.25. The van der Waals surface area contributed by atoms with Gasteiger partial charge in [0.15, 0.2) is 28.7 Å². The quantitative estimate of drug-likeness (QED) is 0.0173. The van der Waals surface area contributed by atoms with Gasteiger partial charge in [0.25, 0.3) is 17.7 Å². The number of benzene rings is 17. The molecule has 0 bridgehead atoms. The van der Waals surface area contributed by atoms with Crippen LogP contribution in [0.1, 0.15) is 99.5 Å². The summed E-state index contributed by atoms with van der Waals surface area (Å²) in [4.78, 5) is 86.5. The van der Waals surface area contributed by atoms with Crippen molar-refractivity contribution in [3.05, 3.63) is 501 Å². The highest BCUT2D eigenvalue weighted by Crippen LogP contribution is 2.41. The minimum Gasteiger partial charge on any atom is -0.455 e. The molecule has 0 radical (unpaired) electrons. The van der Waals surface area contributed by atoms with Gasteiger partial charge in [-0.1, -0.05) is 252 Å². The molecule has 746 valence electrons. The van der Waals surface area contributed by atoms with Crippen LogP contribution in [0.2, 0.25) is 25.1 Å². The highest BCUT2D eigenvalue weighted by atomic mass is 35.5. The molecule has 0 spiro atoms. The summed E-state index contributed by atoms with van der Waals surface area (Å²) in [6.45, 7) is 10.4. The monoisotopic (exact) mass is 2060 g/mol. The summed E-state index contributed by atoms with van der Waals surface area (Å²) < 4.78 is 30.0. The first-order valence-corrected chi connectivity index (χ1v) is 48.7. The molecule has 17 aromatic carbocycles. The largest absolute Gasteiger partial charge is 0.455 e. The van der Waals surface area contributed by atoms with Crippen LogP contribution in [0, 0.1) is 0 Å². The lowest BCUT2D eigenvalue weighted by molar-refractivity contribution is -0.116. The molecule has 0 aliphatic rings. The molecule has 0 saturated carbocycles. The minimum atomic E-state index is -0.374. The fourth-order valence-corrected chi connectivity index (χ4v) is 15.5. The number of ether oxygens (including phenoxy) is 5. The van der Waals surface area contributed by atoms with Crippen molar-refractivity contribution in [2.24, 2.45) is 0 Å². The second kappa shape index (κ2) is 55.5. The highest BCUT2D eigenvalue weighted by molar-refractivity contribution is 6.32. The average molecular weight is 2070 g/mol. The Balaban J connectivity index is 0.000000155. The summed E-state index contributed by atoms with van der Waals surface area (Å²) in [5, 5.41) is 30.8. The average Bonchev–Trinajstić information content (AvgIpc) is 0.828. The molecule has 0 aliphatic carbocycles. The molecule has 1 unspecified atom stereocenters. The fourth-order valence-electron chi connectivity index (χ4n) is 14.9. The molecule has 17 rings (SSSR count). The van der Waals surface area contributed by atoms with Crippen LogP contribution in [0.5, 0.6) is 57.5 Å². The number of amides is 7. The zero-order valence-corrected chi connectivity index (χ0v) is 85.0. The Morgan fingerprint density at radius 2 is 0.574 bits per heavy atom. The Morgan fingerprint density at radius 1 is 0.291 bits per heavy atom. The first-order valence-electron chi connectivity index (χ1n) is 46.9. The van der Waals surface area contributed by atoms with E-state index in [0.29, 0.717) is 129 Å². The minimum absolute atomic E-state index is 0.00563. The number of carbonyl (C=O) groups is 7. The molecule has 0 aromatic heterocycles. The lowest BCUT2D eigenvalue weighted by atomic mass is 9.96. The molecule has 17 aromatic rings. The van der Waals surface area contributed by atoms with Gasteiger partial charge in [-0.05, 0) is 272 Å². The molecule has 148 heavy (non-hydrogen) atoms. The molecule has 7 amide bonds. The first kappa shape index (κ1) is 108. The normalized spacial score (nSPS) is 10.7. The molecular weight excluding hydrogens is 1960 g/mol. The topological polar surface area (TPSA) is 277 Å². The van der Waals surface area contributed by atoms with Crippen molar-refractivity contribution in [1.29, 1.82) is 0 Å². The molecule has 0 heterocycles. The van der Waals surface area contributed by atoms with Crippen LogP contribution in [0.3, 0.4) is 0 Å². The number of nitrogens with zero attached hydrogens (tertiary/aromatic N) is 1. The molecule has 22 nitrogen and oxygen atoms in total. The second-order valence-corrected chi connectivity index (χ2v) is 35.1. The molecule has 27 heteroatoms. The van der Waals surface area contributed by atoms with Crippen LogP contribution in [-0.4, -0.2) is 48.4 Å². The van der Waals surface area contributed by atoms with Gasteiger partial charge in [0.05, 0.1) is 63.0 Å². The first-order chi connectivity index (χ1) is 71.8. The zero-order valence-electron chi connectivity index (χ0n) is 81.2. The van der Waals surface area contributed by atoms with Crippen molar-refractivity contribution >= 4 is 156 Å². The number of halogens is 5. The van der Waals surface area contributed by atoms with E-state index in [1.54, 1.807) is 213 Å². The van der Waals surface area contributed by atoms with Crippen molar-refractivity contribution in [3.63, 3.8) is 0 Å². The van der Waals surface area contributed by atoms with E-state index in [-0.39, 0.29) is 53.4 Å². The zero-order chi connectivity index (χ0) is 104. The predicted octanol–water partition coefficient (Wildman–Crippen LogP) is 32.0. The number of anilines is 10. The van der Waals surface area contributed by atoms with Crippen molar-refractivity contribution in [2.45, 2.75) is 59.2 Å². The van der Waals surface area contributed by atoms with Gasteiger partial charge in [0.2, 0.25) is 23.6 Å². The summed E-state index contributed by atoms with van der Waals surface area (Å²) in [6, 6.07) is 129. The number of nitrogens with one attached hydrogen (secondary N) is 9. The summed E-state index contributed by atoms with van der Waals surface area (Å²) in [7, 11) is 1.78. The van der Waals surface area contributed by atoms with Crippen LogP contribution in [0.4, 0.5) is 56.9 Å². The maximum absolute atomic E-state index is 13.1. The van der Waals surface area contributed by atoms with Gasteiger partial charge in [0, 0.05) is 89.0 Å². The van der Waals surface area contributed by atoms with Crippen molar-refractivity contribution in [3.8, 4) is 57.5 Å². The van der Waals surface area contributed by atoms with Crippen LogP contribution >= 0.6 is 58.0 Å². The van der Waals surface area contributed by atoms with Gasteiger partial charge in [0.1, 0.15) is 28.7 Å². The van der Waals surface area contributed by atoms with E-state index in [1.165, 1.54) is 26.3 Å². The lowest BCUT2D eigenvalue weighted by Gasteiger charge is -2.24. The van der Waals surface area contributed by atoms with Gasteiger partial charge < -0.3 is 76.4 Å². The van der Waals surface area contributed by atoms with Gasteiger partial charge in [-0.15, -0.1) is 6.58 Å². The molecule has 2 atom stereocenters. The SMILES string of the molecule is C=CC[C@H](Nc1ccccc1Oc1ccc(Cl)cc1)c1ccccc1NC(C)=O.CC(=O)N(C)c1ccccc1CNc1ccccc1Oc1ccc(Cl)cc1.CC(=O)Nc1ccccc1C(=O)Nc1ccccc1Oc1ccc(Cl)cc1.CC(=O)Nc1ccccc1C(Cc1ccccc1)Nc1ccccc1Oc1ccc(Cl)cc1.O=C(Nc1ccccc1C(=O)Nc1ccccc1Oc1ccc(Cl)cc1)c1ccccc1. The Bertz CT molecular complexity index is 7350. The number of hydrogen-bond donors (Lipinski definition) is 9. The standard InChI is InChI=1S/C28H25ClN2O2.C26H19ClN2O3.C24H23ClN2O2.C22H21ClN2O2.C21H17ClN2O3/c1-20(32)30-25-12-6-5-11-24(25)27(19-21-9-3-2-4-10-21)31-26-13-7-8-14-28(26)33-23-17-15-22(29)16-18-23;27-19-14-16-20(17-15-19)32-24-13-7-6-12-23(24)29-26(31)21-10-4-5-11-22(21)28-25(30)18-8-2-1-3-9-18;1-3-8-21(20-9-4-5-10-22(20)26-17(2)28)27-23-11-6-7-12-24(23)29-19-15-13-18(25)14-16-19;1-16(26)25(2)21-9-5-3-7-17(21)15-24-20-8-4-6-10-22(20)27-19-13-11-18(23)12-14-19;1-14(25)23-18-7-3-2-6-17(18)21(26)24-19-8-4-5-9-20(19)27-16-12-10-15(22)11-13-16/h2-18,27,31H,19H2,1H3,(H,30,32);1-17H,(H,28,30)(H,29,31);3-7,9-16,21,27H,1,8H2,2H3,(H,26,28);3-14,24H,15H2,1-2H3;2-13H,1H3,(H,23,25)(H,24,26)/t;;21-;;/m..0../s1. The lowest BCUT2D eigenvalue weighted by Crippen LogP contribution is -2.24. The second-order valence-electron chi connectivity index (χ2n) is 33.0. The Labute approximate surface area is 885 Å². The molecule has 0 saturated heterocycles. The van der Waals surface area contributed by atoms with Crippen molar-refractivity contribution < 1.29 is 57.2 Å². The molecule has 0 fully saturated rings. The van der Waals surface area contributed by atoms with Crippen LogP contribution in [0.15, 0.2) is 437 Å². The third-order valence-electron chi connectivity index (χ3n) is 22.0. The van der Waals surface area contributed by atoms with Crippen molar-refractivity contribution in [2.75, 3.05) is 59.8 Å². The van der Waals surface area contributed by atoms with E-state index >= 15 is 0 Å². The van der Waals surface area contributed by atoms with E-state index in [4.69, 9.17) is 81.7 Å². The number of para-hydroxylation sites is 15. The van der Waals surface area contributed by atoms with E-state index < -0.39 is 0 Å². The third kappa shape index (κ3) is 33.4. The number of rotatable bonds is 33. The highest BCUT2D eigenvalue weighted by Gasteiger charge is 2.24. The summed E-state index contributed by atoms with van der Waals surface area (Å²) in [5.74, 6) is 4.90. The van der Waals surface area contributed by atoms with Crippen molar-refractivity contribution in [1.82, 2.24) is 0 Å². The summed E-state index contributed by atoms with van der Waals surface area (Å²) >= 11 is 29.7. The van der Waals surface area contributed by atoms with Gasteiger partial charge in [-0.3, -0.25) is 33.6 Å². The smallest absolute Gasteiger partial charge is 0.257 e. The van der Waals surface area contributed by atoms with E-state index in [0.717, 1.165) is 63.0 Å². The number of carbonyl (C=O) groups excluding carboxylic acids is 7. The van der Waals surface area contributed by atoms with E-state index in [1.807, 2.05) is 224 Å². The molecule has 9 N–H and O–H groups in total. The Morgan fingerprint density at radius 3 is 0.959 bits per heavy atom. The van der Waals surface area contributed by atoms with Crippen LogP contribution in [-0.2, 0) is 32.1 Å². The third-order valence-corrected chi connectivity index (χ3v) is 23.3. The number of hydrogen-bond acceptors (Lipinski definition) is 15. The molecular formula is C121H105Cl5N10O12. The fraction of sp³-hybridized carbons (Fsp3) is 0.0826. The van der Waals surface area contributed by atoms with E-state index in [9.17, 15) is 33.6 Å². The van der Waals surface area contributed by atoms with Crippen LogP contribution in [0.25, 0.3) is 0 Å². The summed E-state index contributed by atoms with van der Waals surface area (Å²) in [5.41, 5.74) is 12.2. The Kier molecular flexibility index (Phi) is 40.4. The van der Waals surface area contributed by atoms with E-state index in [2.05, 4.69) is 66.6 Å². The van der Waals surface area contributed by atoms with Gasteiger partial charge >= 0.3 is 0 Å². The molecule has 0 aliphatic heterocycles. The van der Waals surface area contributed by atoms with Crippen LogP contribution < -0.4 is 76.4 Å². The van der Waals surface area contributed by atoms with Gasteiger partial charge in [-0.25, -0.2) is 0 Å². The van der Waals surface area contributed by atoms with Gasteiger partial charge in [-0.2, -0.15) is 0 Å².